The van der Waals surface area contributed by atoms with E-state index in [1.54, 1.807) is 12.1 Å². The van der Waals surface area contributed by atoms with Crippen LogP contribution in [-0.4, -0.2) is 73.0 Å². The fourth-order valence-corrected chi connectivity index (χ4v) is 6.51. The summed E-state index contributed by atoms with van der Waals surface area (Å²) in [4.78, 5) is 20.9. The maximum Gasteiger partial charge on any atom is 0.322 e. The highest BCUT2D eigenvalue weighted by atomic mass is 32.2. The predicted molar refractivity (Wildman–Crippen MR) is 167 cm³/mol. The Labute approximate surface area is 253 Å². The summed E-state index contributed by atoms with van der Waals surface area (Å²) in [7, 11) is -3.93. The first-order valence-electron chi connectivity index (χ1n) is 14.5. The number of para-hydroxylation sites is 1. The minimum absolute atomic E-state index is 0.0461. The van der Waals surface area contributed by atoms with E-state index in [9.17, 15) is 18.3 Å². The molecule has 0 radical (unpaired) electrons. The average molecular weight is 603 g/mol. The highest BCUT2D eigenvalue weighted by Gasteiger charge is 2.30. The molecule has 1 fully saturated rings. The summed E-state index contributed by atoms with van der Waals surface area (Å²) in [6, 6.07) is 23.5. The Morgan fingerprint density at radius 3 is 2.33 bits per heavy atom. The van der Waals surface area contributed by atoms with Crippen molar-refractivity contribution in [2.45, 2.75) is 44.4 Å². The van der Waals surface area contributed by atoms with E-state index in [2.05, 4.69) is 45.8 Å². The molecule has 0 amide bonds. The van der Waals surface area contributed by atoms with Crippen LogP contribution in [0.4, 0.5) is 0 Å². The van der Waals surface area contributed by atoms with E-state index in [-0.39, 0.29) is 17.5 Å². The Bertz CT molecular complexity index is 1670. The zero-order valence-electron chi connectivity index (χ0n) is 24.7. The van der Waals surface area contributed by atoms with Gasteiger partial charge in [-0.2, -0.15) is 0 Å². The van der Waals surface area contributed by atoms with Gasteiger partial charge >= 0.3 is 5.97 Å². The van der Waals surface area contributed by atoms with Gasteiger partial charge in [0.25, 0.3) is 0 Å². The average Bonchev–Trinajstić information content (AvgIpc) is 2.99. The van der Waals surface area contributed by atoms with Crippen molar-refractivity contribution >= 4 is 26.9 Å². The zero-order valence-corrected chi connectivity index (χ0v) is 25.5. The molecule has 1 aromatic heterocycles. The summed E-state index contributed by atoms with van der Waals surface area (Å²) in [6.07, 6.45) is -0.291. The lowest BCUT2D eigenvalue weighted by molar-refractivity contribution is -0.143. The summed E-state index contributed by atoms with van der Waals surface area (Å²) >= 11 is 0. The quantitative estimate of drug-likeness (QED) is 0.257. The van der Waals surface area contributed by atoms with Crippen LogP contribution in [-0.2, 0) is 21.4 Å². The molecular weight excluding hydrogens is 564 g/mol. The second-order valence-electron chi connectivity index (χ2n) is 11.1. The lowest BCUT2D eigenvalue weighted by atomic mass is 10.0. The third kappa shape index (κ3) is 7.58. The van der Waals surface area contributed by atoms with Gasteiger partial charge in [0.15, 0.2) is 0 Å². The van der Waals surface area contributed by atoms with Crippen LogP contribution in [0.5, 0.6) is 5.75 Å². The summed E-state index contributed by atoms with van der Waals surface area (Å²) in [6.45, 7) is 9.02. The lowest BCUT2D eigenvalue weighted by Crippen LogP contribution is -2.55. The molecule has 43 heavy (non-hydrogen) atoms. The van der Waals surface area contributed by atoms with Gasteiger partial charge in [-0.1, -0.05) is 48.0 Å². The van der Waals surface area contributed by atoms with Crippen molar-refractivity contribution < 1.29 is 23.1 Å². The van der Waals surface area contributed by atoms with E-state index < -0.39 is 22.0 Å². The fourth-order valence-electron chi connectivity index (χ4n) is 5.47. The van der Waals surface area contributed by atoms with Gasteiger partial charge in [0.1, 0.15) is 17.9 Å². The smallest absolute Gasteiger partial charge is 0.322 e. The number of ether oxygens (including phenoxy) is 1. The van der Waals surface area contributed by atoms with Crippen molar-refractivity contribution in [1.82, 2.24) is 19.5 Å². The highest BCUT2D eigenvalue weighted by Crippen LogP contribution is 2.28. The number of benzene rings is 3. The van der Waals surface area contributed by atoms with Gasteiger partial charge < -0.3 is 9.84 Å². The molecule has 0 spiro atoms. The van der Waals surface area contributed by atoms with E-state index in [4.69, 9.17) is 4.74 Å². The van der Waals surface area contributed by atoms with Crippen LogP contribution in [0.15, 0.2) is 83.8 Å². The third-order valence-corrected chi connectivity index (χ3v) is 9.33. The first kappa shape index (κ1) is 30.6. The van der Waals surface area contributed by atoms with Gasteiger partial charge in [0.05, 0.1) is 10.4 Å². The molecule has 4 aromatic rings. The molecule has 3 aromatic carbocycles. The first-order chi connectivity index (χ1) is 20.6. The van der Waals surface area contributed by atoms with Crippen molar-refractivity contribution in [3.05, 3.63) is 101 Å². The topological polar surface area (TPSA) is 112 Å². The Morgan fingerprint density at radius 1 is 0.977 bits per heavy atom. The minimum Gasteiger partial charge on any atom is -0.486 e. The van der Waals surface area contributed by atoms with E-state index in [1.807, 2.05) is 49.1 Å². The molecule has 1 aliphatic heterocycles. The van der Waals surface area contributed by atoms with Crippen molar-refractivity contribution in [3.8, 4) is 5.75 Å². The molecule has 1 aliphatic rings. The van der Waals surface area contributed by atoms with Crippen LogP contribution in [0.1, 0.15) is 35.4 Å². The molecule has 0 aliphatic carbocycles. The number of nitrogens with one attached hydrogen (secondary N) is 1. The largest absolute Gasteiger partial charge is 0.486 e. The van der Waals surface area contributed by atoms with Crippen LogP contribution in [0.2, 0.25) is 0 Å². The molecule has 1 saturated heterocycles. The van der Waals surface area contributed by atoms with Gasteiger partial charge in [-0.15, -0.1) is 0 Å². The molecule has 0 saturated carbocycles. The fraction of sp³-hybridized carbons (Fsp3) is 0.333. The van der Waals surface area contributed by atoms with Crippen LogP contribution in [0.25, 0.3) is 10.9 Å². The molecule has 226 valence electrons. The Hall–Kier alpha value is -3.83. The summed E-state index contributed by atoms with van der Waals surface area (Å²) in [5.74, 6) is -0.525. The summed E-state index contributed by atoms with van der Waals surface area (Å²) in [5, 5.41) is 10.9. The predicted octanol–water partition coefficient (Wildman–Crippen LogP) is 4.54. The molecule has 10 heteroatoms. The number of fused-ring (bicyclic) bond motifs is 1. The number of hydrogen-bond donors (Lipinski definition) is 2. The maximum absolute atomic E-state index is 13.1. The molecule has 9 nitrogen and oxygen atoms in total. The van der Waals surface area contributed by atoms with Crippen LogP contribution in [0, 0.1) is 13.8 Å². The number of carbonyl (C=O) groups is 1. The van der Waals surface area contributed by atoms with Crippen molar-refractivity contribution in [2.24, 2.45) is 0 Å². The van der Waals surface area contributed by atoms with E-state index >= 15 is 0 Å². The molecule has 2 N–H and O–H groups in total. The monoisotopic (exact) mass is 602 g/mol. The number of piperazine rings is 1. The Balaban J connectivity index is 1.17. The second-order valence-corrected chi connectivity index (χ2v) is 12.9. The zero-order chi connectivity index (χ0) is 30.6. The van der Waals surface area contributed by atoms with Gasteiger partial charge in [0, 0.05) is 55.9 Å². The maximum atomic E-state index is 13.1. The number of aromatic nitrogens is 1. The number of sulfonamides is 1. The number of nitrogens with zero attached hydrogens (tertiary/aromatic N) is 3. The van der Waals surface area contributed by atoms with Crippen LogP contribution in [0.3, 0.4) is 0 Å². The van der Waals surface area contributed by atoms with Crippen molar-refractivity contribution in [1.29, 1.82) is 0 Å². The molecule has 0 bridgehead atoms. The molecule has 5 rings (SSSR count). The van der Waals surface area contributed by atoms with Crippen molar-refractivity contribution in [3.63, 3.8) is 0 Å². The van der Waals surface area contributed by atoms with E-state index in [1.165, 1.54) is 23.3 Å². The number of aryl methyl sites for hydroxylation is 2. The third-order valence-electron chi connectivity index (χ3n) is 7.89. The standard InChI is InChI=1S/C33H38N4O5S/c1-23-8-10-26(11-9-23)22-36-16-18-37(19-17-36)32(33(38)39)21-34-43(40,41)28-14-12-27(13-15-28)42-25(3)30-20-24(2)35-31-7-5-4-6-29(30)31/h4-15,20,25,32,34H,16-19,21-22H2,1-3H3,(H,38,39)/t25?,32-/m0/s1. The molecule has 2 heterocycles. The van der Waals surface area contributed by atoms with Gasteiger partial charge in [-0.3, -0.25) is 19.6 Å². The molecule has 2 atom stereocenters. The lowest BCUT2D eigenvalue weighted by Gasteiger charge is -2.37. The highest BCUT2D eigenvalue weighted by molar-refractivity contribution is 7.89. The SMILES string of the molecule is Cc1ccc(CN2CCN([C@@H](CNS(=O)(=O)c3ccc(OC(C)c4cc(C)nc5ccccc45)cc3)C(=O)O)CC2)cc1. The summed E-state index contributed by atoms with van der Waals surface area (Å²) in [5.41, 5.74) is 5.21. The normalized spacial score (nSPS) is 16.2. The van der Waals surface area contributed by atoms with Crippen LogP contribution < -0.4 is 9.46 Å². The number of carboxylic acid groups (broad SMARTS) is 1. The number of rotatable bonds is 11. The van der Waals surface area contributed by atoms with Gasteiger partial charge in [-0.05, 0) is 62.7 Å². The van der Waals surface area contributed by atoms with Crippen LogP contribution >= 0.6 is 0 Å². The van der Waals surface area contributed by atoms with E-state index in [0.29, 0.717) is 31.9 Å². The number of pyridine rings is 1. The van der Waals surface area contributed by atoms with Crippen molar-refractivity contribution in [2.75, 3.05) is 32.7 Å². The summed E-state index contributed by atoms with van der Waals surface area (Å²) < 4.78 is 34.8. The molecular formula is C33H38N4O5S. The number of aliphatic carboxylic acids is 1. The minimum atomic E-state index is -3.93. The number of carboxylic acids is 1. The van der Waals surface area contributed by atoms with E-state index in [0.717, 1.165) is 28.7 Å². The number of hydrogen-bond acceptors (Lipinski definition) is 7. The van der Waals surface area contributed by atoms with Gasteiger partial charge in [0.2, 0.25) is 10.0 Å². The second kappa shape index (κ2) is 13.2. The molecule has 1 unspecified atom stereocenters. The van der Waals surface area contributed by atoms with Gasteiger partial charge in [-0.25, -0.2) is 13.1 Å². The Kier molecular flexibility index (Phi) is 9.41. The first-order valence-corrected chi connectivity index (χ1v) is 15.9. The Morgan fingerprint density at radius 2 is 1.65 bits per heavy atom.